The van der Waals surface area contributed by atoms with Crippen LogP contribution in [0.3, 0.4) is 0 Å². The molecule has 0 atom stereocenters. The maximum absolute atomic E-state index is 13.3. The summed E-state index contributed by atoms with van der Waals surface area (Å²) >= 11 is 0. The molecule has 0 saturated carbocycles. The summed E-state index contributed by atoms with van der Waals surface area (Å²) in [6, 6.07) is 8.90. The van der Waals surface area contributed by atoms with Crippen molar-refractivity contribution in [1.29, 1.82) is 0 Å². The van der Waals surface area contributed by atoms with Gasteiger partial charge >= 0.3 is 0 Å². The maximum Gasteiger partial charge on any atom is 0.262 e. The number of halogens is 1. The molecular formula is C15H17FN2O2S. The van der Waals surface area contributed by atoms with Crippen LogP contribution in [0.25, 0.3) is 0 Å². The topological polar surface area (TPSA) is 72.2 Å². The highest BCUT2D eigenvalue weighted by Crippen LogP contribution is 2.24. The van der Waals surface area contributed by atoms with Crippen molar-refractivity contribution in [2.75, 3.05) is 4.72 Å². The lowest BCUT2D eigenvalue weighted by molar-refractivity contribution is 0.600. The normalized spacial score (nSPS) is 11.4. The number of nitrogens with one attached hydrogen (secondary N) is 1. The van der Waals surface area contributed by atoms with Crippen molar-refractivity contribution in [2.45, 2.75) is 25.3 Å². The number of rotatable bonds is 4. The van der Waals surface area contributed by atoms with Gasteiger partial charge in [0.25, 0.3) is 10.0 Å². The summed E-state index contributed by atoms with van der Waals surface area (Å²) in [4.78, 5) is 0.147. The van der Waals surface area contributed by atoms with Crippen molar-refractivity contribution in [3.8, 4) is 0 Å². The molecule has 0 aliphatic carbocycles. The van der Waals surface area contributed by atoms with Crippen molar-refractivity contribution >= 4 is 15.7 Å². The molecule has 0 heterocycles. The number of nitrogens with two attached hydrogens (primary N) is 1. The Morgan fingerprint density at radius 2 is 1.90 bits per heavy atom. The van der Waals surface area contributed by atoms with E-state index < -0.39 is 15.8 Å². The third-order valence-corrected chi connectivity index (χ3v) is 4.86. The fraction of sp³-hybridized carbons (Fsp3) is 0.200. The average molecular weight is 308 g/mol. The van der Waals surface area contributed by atoms with Crippen molar-refractivity contribution in [3.05, 3.63) is 58.9 Å². The molecule has 0 spiro atoms. The molecule has 0 aromatic heterocycles. The van der Waals surface area contributed by atoms with Crippen LogP contribution < -0.4 is 10.5 Å². The SMILES string of the molecule is Cc1ccc(F)cc1NS(=O)(=O)c1cccc(CN)c1C. The minimum absolute atomic E-state index is 0.147. The van der Waals surface area contributed by atoms with Crippen molar-refractivity contribution in [2.24, 2.45) is 5.73 Å². The molecule has 6 heteroatoms. The van der Waals surface area contributed by atoms with Gasteiger partial charge < -0.3 is 5.73 Å². The number of aryl methyl sites for hydroxylation is 1. The van der Waals surface area contributed by atoms with E-state index in [1.54, 1.807) is 26.0 Å². The molecule has 0 bridgehead atoms. The largest absolute Gasteiger partial charge is 0.326 e. The Kier molecular flexibility index (Phi) is 4.29. The van der Waals surface area contributed by atoms with E-state index in [0.29, 0.717) is 11.1 Å². The first-order chi connectivity index (χ1) is 9.85. The highest BCUT2D eigenvalue weighted by atomic mass is 32.2. The van der Waals surface area contributed by atoms with Gasteiger partial charge in [0.05, 0.1) is 10.6 Å². The minimum atomic E-state index is -3.79. The van der Waals surface area contributed by atoms with Crippen molar-refractivity contribution in [1.82, 2.24) is 0 Å². The molecule has 0 saturated heterocycles. The van der Waals surface area contributed by atoms with Gasteiger partial charge in [0, 0.05) is 6.54 Å². The Hall–Kier alpha value is -1.92. The van der Waals surface area contributed by atoms with E-state index in [9.17, 15) is 12.8 Å². The smallest absolute Gasteiger partial charge is 0.262 e. The van der Waals surface area contributed by atoms with E-state index in [1.807, 2.05) is 0 Å². The Balaban J connectivity index is 2.46. The quantitative estimate of drug-likeness (QED) is 0.912. The van der Waals surface area contributed by atoms with Gasteiger partial charge in [-0.05, 0) is 48.7 Å². The molecule has 2 aromatic carbocycles. The first-order valence-electron chi connectivity index (χ1n) is 6.42. The van der Waals surface area contributed by atoms with E-state index in [4.69, 9.17) is 5.73 Å². The second-order valence-corrected chi connectivity index (χ2v) is 6.46. The van der Waals surface area contributed by atoms with Crippen LogP contribution in [0.1, 0.15) is 16.7 Å². The summed E-state index contributed by atoms with van der Waals surface area (Å²) in [5.41, 5.74) is 7.83. The fourth-order valence-corrected chi connectivity index (χ4v) is 3.49. The van der Waals surface area contributed by atoms with Gasteiger partial charge in [-0.1, -0.05) is 18.2 Å². The minimum Gasteiger partial charge on any atom is -0.326 e. The number of benzene rings is 2. The van der Waals surface area contributed by atoms with Crippen molar-refractivity contribution in [3.63, 3.8) is 0 Å². The first-order valence-corrected chi connectivity index (χ1v) is 7.91. The van der Waals surface area contributed by atoms with E-state index in [2.05, 4.69) is 4.72 Å². The average Bonchev–Trinajstić information content (AvgIpc) is 2.42. The van der Waals surface area contributed by atoms with Gasteiger partial charge in [0.1, 0.15) is 5.82 Å². The number of anilines is 1. The summed E-state index contributed by atoms with van der Waals surface area (Å²) in [5.74, 6) is -0.495. The molecule has 4 nitrogen and oxygen atoms in total. The molecule has 0 aliphatic rings. The zero-order chi connectivity index (χ0) is 15.6. The lowest BCUT2D eigenvalue weighted by Crippen LogP contribution is -2.16. The van der Waals surface area contributed by atoms with E-state index in [0.717, 1.165) is 11.6 Å². The third kappa shape index (κ3) is 3.22. The van der Waals surface area contributed by atoms with Crippen LogP contribution >= 0.6 is 0 Å². The maximum atomic E-state index is 13.3. The van der Waals surface area contributed by atoms with Gasteiger partial charge in [-0.15, -0.1) is 0 Å². The number of hydrogen-bond acceptors (Lipinski definition) is 3. The monoisotopic (exact) mass is 308 g/mol. The summed E-state index contributed by atoms with van der Waals surface area (Å²) in [7, 11) is -3.79. The standard InChI is InChI=1S/C15H17FN2O2S/c1-10-6-7-13(16)8-14(10)18-21(19,20)15-5-3-4-12(9-17)11(15)2/h3-8,18H,9,17H2,1-2H3. The molecule has 2 rings (SSSR count). The second-order valence-electron chi connectivity index (χ2n) is 4.81. The van der Waals surface area contributed by atoms with Crippen LogP contribution in [0.15, 0.2) is 41.3 Å². The highest BCUT2D eigenvalue weighted by molar-refractivity contribution is 7.92. The zero-order valence-corrected chi connectivity index (χ0v) is 12.7. The molecule has 112 valence electrons. The lowest BCUT2D eigenvalue weighted by atomic mass is 10.1. The van der Waals surface area contributed by atoms with Crippen LogP contribution in [-0.4, -0.2) is 8.42 Å². The lowest BCUT2D eigenvalue weighted by Gasteiger charge is -2.14. The van der Waals surface area contributed by atoms with Crippen LogP contribution in [0, 0.1) is 19.7 Å². The number of sulfonamides is 1. The highest BCUT2D eigenvalue weighted by Gasteiger charge is 2.19. The van der Waals surface area contributed by atoms with Crippen LogP contribution in [-0.2, 0) is 16.6 Å². The second kappa shape index (κ2) is 5.83. The molecule has 0 radical (unpaired) electrons. The van der Waals surface area contributed by atoms with Crippen molar-refractivity contribution < 1.29 is 12.8 Å². The molecule has 0 amide bonds. The summed E-state index contributed by atoms with van der Waals surface area (Å²) in [6.45, 7) is 3.67. The van der Waals surface area contributed by atoms with Crippen LogP contribution in [0.2, 0.25) is 0 Å². The van der Waals surface area contributed by atoms with Gasteiger partial charge in [-0.3, -0.25) is 4.72 Å². The summed E-state index contributed by atoms with van der Waals surface area (Å²) < 4.78 is 40.7. The zero-order valence-electron chi connectivity index (χ0n) is 11.9. The van der Waals surface area contributed by atoms with Gasteiger partial charge in [-0.25, -0.2) is 12.8 Å². The van der Waals surface area contributed by atoms with Crippen LogP contribution in [0.5, 0.6) is 0 Å². The summed E-state index contributed by atoms with van der Waals surface area (Å²) in [6.07, 6.45) is 0. The molecule has 0 unspecified atom stereocenters. The van der Waals surface area contributed by atoms with Gasteiger partial charge in [-0.2, -0.15) is 0 Å². The molecular weight excluding hydrogens is 291 g/mol. The van der Waals surface area contributed by atoms with Gasteiger partial charge in [0.15, 0.2) is 0 Å². The van der Waals surface area contributed by atoms with E-state index in [-0.39, 0.29) is 17.1 Å². The Morgan fingerprint density at radius 3 is 2.57 bits per heavy atom. The third-order valence-electron chi connectivity index (χ3n) is 3.35. The Bertz CT molecular complexity index is 773. The Labute approximate surface area is 123 Å². The van der Waals surface area contributed by atoms with Gasteiger partial charge in [0.2, 0.25) is 0 Å². The molecule has 0 fully saturated rings. The number of hydrogen-bond donors (Lipinski definition) is 2. The molecule has 2 aromatic rings. The molecule has 0 aliphatic heterocycles. The molecule has 3 N–H and O–H groups in total. The first kappa shape index (κ1) is 15.5. The van der Waals surface area contributed by atoms with E-state index in [1.165, 1.54) is 18.2 Å². The summed E-state index contributed by atoms with van der Waals surface area (Å²) in [5, 5.41) is 0. The predicted octanol–water partition coefficient (Wildman–Crippen LogP) is 2.70. The molecule has 21 heavy (non-hydrogen) atoms. The fourth-order valence-electron chi connectivity index (χ4n) is 2.08. The predicted molar refractivity (Wildman–Crippen MR) is 81.0 cm³/mol. The Morgan fingerprint density at radius 1 is 1.19 bits per heavy atom. The van der Waals surface area contributed by atoms with Crippen LogP contribution in [0.4, 0.5) is 10.1 Å². The van der Waals surface area contributed by atoms with E-state index >= 15 is 0 Å².